The van der Waals surface area contributed by atoms with Crippen LogP contribution >= 0.6 is 23.4 Å². The molecule has 0 bridgehead atoms. The van der Waals surface area contributed by atoms with Gasteiger partial charge in [-0.3, -0.25) is 0 Å². The summed E-state index contributed by atoms with van der Waals surface area (Å²) in [7, 11) is 0. The zero-order valence-corrected chi connectivity index (χ0v) is 20.0. The summed E-state index contributed by atoms with van der Waals surface area (Å²) in [6, 6.07) is 2.18. The van der Waals surface area contributed by atoms with Crippen LogP contribution in [0.1, 0.15) is 43.3 Å². The largest absolute Gasteiger partial charge is 0.354 e. The molecule has 0 spiro atoms. The minimum absolute atomic E-state index is 0.142. The molecule has 0 amide bonds. The summed E-state index contributed by atoms with van der Waals surface area (Å²) in [5, 5.41) is 2.22. The van der Waals surface area contributed by atoms with Crippen molar-refractivity contribution >= 4 is 51.4 Å². The Hall–Kier alpha value is -2.49. The highest BCUT2D eigenvalue weighted by atomic mass is 35.5. The van der Waals surface area contributed by atoms with Crippen LogP contribution in [0.15, 0.2) is 22.3 Å². The van der Waals surface area contributed by atoms with E-state index in [-0.39, 0.29) is 6.04 Å². The molecule has 5 heterocycles. The lowest BCUT2D eigenvalue weighted by molar-refractivity contribution is 0.654. The summed E-state index contributed by atoms with van der Waals surface area (Å²) in [5.74, 6) is 0.846. The van der Waals surface area contributed by atoms with Crippen molar-refractivity contribution in [3.63, 3.8) is 0 Å². The molecule has 6 rings (SSSR count). The van der Waals surface area contributed by atoms with Gasteiger partial charge in [-0.15, -0.1) is 0 Å². The van der Waals surface area contributed by atoms with Gasteiger partial charge in [0, 0.05) is 35.9 Å². The molecular formula is C23H25ClN8S. The fourth-order valence-corrected chi connectivity index (χ4v) is 5.82. The number of nitrogens with two attached hydrogens (primary N) is 1. The smallest absolute Gasteiger partial charge is 0.196 e. The van der Waals surface area contributed by atoms with Crippen LogP contribution in [0.4, 0.5) is 5.82 Å². The van der Waals surface area contributed by atoms with Gasteiger partial charge in [0.25, 0.3) is 0 Å². The van der Waals surface area contributed by atoms with Gasteiger partial charge in [0.15, 0.2) is 10.8 Å². The molecule has 2 aliphatic rings. The van der Waals surface area contributed by atoms with E-state index in [0.717, 1.165) is 83.1 Å². The Labute approximate surface area is 200 Å². The van der Waals surface area contributed by atoms with Crippen LogP contribution in [0.2, 0.25) is 5.02 Å². The number of fused-ring (bicyclic) bond motifs is 3. The molecule has 4 aromatic heterocycles. The number of hydrogen-bond donors (Lipinski definition) is 2. The maximum absolute atomic E-state index is 6.71. The van der Waals surface area contributed by atoms with Crippen LogP contribution in [0.25, 0.3) is 22.2 Å². The molecule has 1 aliphatic heterocycles. The molecule has 4 aromatic rings. The summed E-state index contributed by atoms with van der Waals surface area (Å²) in [5.41, 5.74) is 11.6. The number of H-pyrrole nitrogens is 1. The Kier molecular flexibility index (Phi) is 5.35. The normalized spacial score (nSPS) is 18.4. The first kappa shape index (κ1) is 21.1. The van der Waals surface area contributed by atoms with Crippen LogP contribution in [-0.2, 0) is 19.3 Å². The molecular weight excluding hydrogens is 456 g/mol. The Balaban J connectivity index is 1.40. The molecule has 3 N–H and O–H groups in total. The van der Waals surface area contributed by atoms with E-state index in [1.165, 1.54) is 24.6 Å². The van der Waals surface area contributed by atoms with Gasteiger partial charge in [0.2, 0.25) is 0 Å². The lowest BCUT2D eigenvalue weighted by atomic mass is 10.0. The van der Waals surface area contributed by atoms with E-state index < -0.39 is 0 Å². The fourth-order valence-electron chi connectivity index (χ4n) is 4.71. The average Bonchev–Trinajstić information content (AvgIpc) is 3.40. The molecule has 0 unspecified atom stereocenters. The maximum atomic E-state index is 6.71. The number of hydrogen-bond acceptors (Lipinski definition) is 8. The van der Waals surface area contributed by atoms with E-state index >= 15 is 0 Å². The Morgan fingerprint density at radius 2 is 2.00 bits per heavy atom. The molecule has 170 valence electrons. The quantitative estimate of drug-likeness (QED) is 0.420. The van der Waals surface area contributed by atoms with Crippen molar-refractivity contribution in [2.75, 3.05) is 18.0 Å². The molecule has 1 aliphatic carbocycles. The highest BCUT2D eigenvalue weighted by Gasteiger charge is 2.26. The number of nitrogens with one attached hydrogen (secondary N) is 1. The van der Waals surface area contributed by atoms with Crippen LogP contribution in [0.5, 0.6) is 0 Å². The number of rotatable bonds is 4. The second-order valence-corrected chi connectivity index (χ2v) is 10.2. The number of pyridine rings is 1. The van der Waals surface area contributed by atoms with Gasteiger partial charge >= 0.3 is 0 Å². The third-order valence-corrected chi connectivity index (χ3v) is 7.68. The SMILES string of the molecule is CCc1[nH]c2nc(Sc3cnc4nc5c(nc4c3)CCCC5)nc(N3CC[C@H](N)C3)c2c1Cl. The minimum Gasteiger partial charge on any atom is -0.354 e. The lowest BCUT2D eigenvalue weighted by Gasteiger charge is -2.18. The molecule has 1 fully saturated rings. The first-order chi connectivity index (χ1) is 16.1. The van der Waals surface area contributed by atoms with Crippen molar-refractivity contribution < 1.29 is 0 Å². The second-order valence-electron chi connectivity index (χ2n) is 8.76. The van der Waals surface area contributed by atoms with Crippen LogP contribution in [0.3, 0.4) is 0 Å². The van der Waals surface area contributed by atoms with Crippen LogP contribution < -0.4 is 10.6 Å². The molecule has 10 heteroatoms. The van der Waals surface area contributed by atoms with Gasteiger partial charge < -0.3 is 15.6 Å². The Morgan fingerprint density at radius 3 is 2.76 bits per heavy atom. The third kappa shape index (κ3) is 3.82. The topological polar surface area (TPSA) is 109 Å². The number of nitrogens with zero attached hydrogens (tertiary/aromatic N) is 6. The van der Waals surface area contributed by atoms with E-state index in [1.807, 2.05) is 12.3 Å². The lowest BCUT2D eigenvalue weighted by Crippen LogP contribution is -2.27. The van der Waals surface area contributed by atoms with Crippen molar-refractivity contribution in [1.82, 2.24) is 29.9 Å². The molecule has 33 heavy (non-hydrogen) atoms. The molecule has 0 aromatic carbocycles. The Morgan fingerprint density at radius 1 is 1.18 bits per heavy atom. The van der Waals surface area contributed by atoms with E-state index in [4.69, 9.17) is 37.3 Å². The number of anilines is 1. The van der Waals surface area contributed by atoms with Crippen LogP contribution in [-0.4, -0.2) is 49.0 Å². The van der Waals surface area contributed by atoms with Crippen molar-refractivity contribution in [2.45, 2.75) is 61.5 Å². The zero-order chi connectivity index (χ0) is 22.5. The standard InChI is InChI=1S/C23H25ClN8S/c1-2-14-19(24)18-21(28-14)30-23(31-22(18)32-8-7-12(25)11-32)33-13-9-17-20(26-10-13)29-16-6-4-3-5-15(16)27-17/h9-10,12H,2-8,11,25H2,1H3,(H,28,30,31)/t12-/m0/s1. The molecule has 0 radical (unpaired) electrons. The highest BCUT2D eigenvalue weighted by Crippen LogP contribution is 2.37. The highest BCUT2D eigenvalue weighted by molar-refractivity contribution is 7.99. The van der Waals surface area contributed by atoms with Crippen molar-refractivity contribution in [2.24, 2.45) is 5.73 Å². The maximum Gasteiger partial charge on any atom is 0.196 e. The van der Waals surface area contributed by atoms with Crippen molar-refractivity contribution in [3.8, 4) is 0 Å². The van der Waals surface area contributed by atoms with Crippen molar-refractivity contribution in [3.05, 3.63) is 34.4 Å². The second kappa shape index (κ2) is 8.38. The Bertz CT molecular complexity index is 1370. The number of aryl methyl sites for hydroxylation is 3. The summed E-state index contributed by atoms with van der Waals surface area (Å²) < 4.78 is 0. The summed E-state index contributed by atoms with van der Waals surface area (Å²) in [4.78, 5) is 30.4. The summed E-state index contributed by atoms with van der Waals surface area (Å²) in [6.07, 6.45) is 7.89. The van der Waals surface area contributed by atoms with Crippen molar-refractivity contribution in [1.29, 1.82) is 0 Å². The van der Waals surface area contributed by atoms with Gasteiger partial charge in [-0.05, 0) is 56.4 Å². The molecule has 0 saturated carbocycles. The number of halogens is 1. The van der Waals surface area contributed by atoms with E-state index in [0.29, 0.717) is 15.8 Å². The predicted molar refractivity (Wildman–Crippen MR) is 131 cm³/mol. The molecule has 1 atom stereocenters. The summed E-state index contributed by atoms with van der Waals surface area (Å²) in [6.45, 7) is 3.70. The average molecular weight is 481 g/mol. The van der Waals surface area contributed by atoms with Gasteiger partial charge in [-0.25, -0.2) is 24.9 Å². The molecule has 1 saturated heterocycles. The van der Waals surface area contributed by atoms with Gasteiger partial charge in [-0.2, -0.15) is 0 Å². The number of aromatic nitrogens is 6. The third-order valence-electron chi connectivity index (χ3n) is 6.44. The first-order valence-corrected chi connectivity index (χ1v) is 12.7. The van der Waals surface area contributed by atoms with Gasteiger partial charge in [0.05, 0.1) is 21.8 Å². The van der Waals surface area contributed by atoms with E-state index in [2.05, 4.69) is 21.8 Å². The van der Waals surface area contributed by atoms with Crippen LogP contribution in [0, 0.1) is 0 Å². The minimum atomic E-state index is 0.142. The summed E-state index contributed by atoms with van der Waals surface area (Å²) >= 11 is 8.19. The van der Waals surface area contributed by atoms with E-state index in [1.54, 1.807) is 0 Å². The number of aromatic amines is 1. The van der Waals surface area contributed by atoms with Gasteiger partial charge in [-0.1, -0.05) is 18.5 Å². The van der Waals surface area contributed by atoms with Gasteiger partial charge in [0.1, 0.15) is 17.0 Å². The molecule has 8 nitrogen and oxygen atoms in total. The first-order valence-electron chi connectivity index (χ1n) is 11.5. The monoisotopic (exact) mass is 480 g/mol. The zero-order valence-electron chi connectivity index (χ0n) is 18.4. The van der Waals surface area contributed by atoms with E-state index in [9.17, 15) is 0 Å². The fraction of sp³-hybridized carbons (Fsp3) is 0.435. The predicted octanol–water partition coefficient (Wildman–Crippen LogP) is 4.08.